The summed E-state index contributed by atoms with van der Waals surface area (Å²) >= 11 is 0. The summed E-state index contributed by atoms with van der Waals surface area (Å²) < 4.78 is 11.6. The van der Waals surface area contributed by atoms with Crippen LogP contribution in [-0.2, 0) is 19.1 Å². The average Bonchev–Trinajstić information content (AvgIpc) is 2.86. The quantitative estimate of drug-likeness (QED) is 0.612. The molecule has 5 heteroatoms. The van der Waals surface area contributed by atoms with E-state index in [-0.39, 0.29) is 42.0 Å². The van der Waals surface area contributed by atoms with E-state index >= 15 is 0 Å². The summed E-state index contributed by atoms with van der Waals surface area (Å²) in [5.74, 6) is 0.381. The Balaban J connectivity index is 2.55. The van der Waals surface area contributed by atoms with Gasteiger partial charge < -0.3 is 14.4 Å². The molecule has 140 valence electrons. The molecule has 0 radical (unpaired) electrons. The average molecular weight is 341 g/mol. The molecular weight excluding hydrogens is 306 g/mol. The fraction of sp³-hybridized carbons (Fsp3) is 0.895. The van der Waals surface area contributed by atoms with E-state index in [4.69, 9.17) is 9.47 Å². The Morgan fingerprint density at radius 1 is 1.04 bits per heavy atom. The number of amides is 1. The standard InChI is InChI=1S/C19H35NO4/c1-13(2)18(21)8-7-9-19(22)20-11-17(24-15(5)6)10-16(20)12-23-14(3)4/h13-17H,7-12H2,1-6H3/t16-,17-/m0/s1. The first-order chi connectivity index (χ1) is 11.2. The number of rotatable bonds is 10. The minimum atomic E-state index is 0.0444. The predicted octanol–water partition coefficient (Wildman–Crippen LogP) is 3.20. The largest absolute Gasteiger partial charge is 0.377 e. The van der Waals surface area contributed by atoms with Crippen LogP contribution in [0.25, 0.3) is 0 Å². The second-order valence-electron chi connectivity index (χ2n) is 7.60. The van der Waals surface area contributed by atoms with Gasteiger partial charge in [-0.2, -0.15) is 0 Å². The second-order valence-corrected chi connectivity index (χ2v) is 7.60. The lowest BCUT2D eigenvalue weighted by Crippen LogP contribution is -2.39. The molecule has 24 heavy (non-hydrogen) atoms. The van der Waals surface area contributed by atoms with E-state index in [1.165, 1.54) is 0 Å². The van der Waals surface area contributed by atoms with Gasteiger partial charge in [-0.05, 0) is 40.5 Å². The molecule has 0 spiro atoms. The van der Waals surface area contributed by atoms with Gasteiger partial charge in [0.15, 0.2) is 0 Å². The first-order valence-corrected chi connectivity index (χ1v) is 9.29. The Morgan fingerprint density at radius 3 is 2.25 bits per heavy atom. The first kappa shape index (κ1) is 21.1. The zero-order valence-electron chi connectivity index (χ0n) is 16.2. The number of Topliss-reactive ketones (excluding diaryl/α,β-unsaturated/α-hetero) is 1. The normalized spacial score (nSPS) is 21.3. The fourth-order valence-corrected chi connectivity index (χ4v) is 2.97. The highest BCUT2D eigenvalue weighted by molar-refractivity contribution is 5.81. The SMILES string of the molecule is CC(C)OC[C@@H]1C[C@H](OC(C)C)CN1C(=O)CCCC(=O)C(C)C. The Bertz CT molecular complexity index is 406. The summed E-state index contributed by atoms with van der Waals surface area (Å²) in [7, 11) is 0. The smallest absolute Gasteiger partial charge is 0.223 e. The van der Waals surface area contributed by atoms with Crippen molar-refractivity contribution in [2.75, 3.05) is 13.2 Å². The maximum Gasteiger partial charge on any atom is 0.223 e. The van der Waals surface area contributed by atoms with Crippen LogP contribution < -0.4 is 0 Å². The van der Waals surface area contributed by atoms with Gasteiger partial charge in [-0.15, -0.1) is 0 Å². The van der Waals surface area contributed by atoms with E-state index in [2.05, 4.69) is 0 Å². The molecule has 0 unspecified atom stereocenters. The monoisotopic (exact) mass is 341 g/mol. The number of carbonyl (C=O) groups is 2. The van der Waals surface area contributed by atoms with Crippen LogP contribution in [0.4, 0.5) is 0 Å². The molecule has 0 aliphatic carbocycles. The Hall–Kier alpha value is -0.940. The highest BCUT2D eigenvalue weighted by Crippen LogP contribution is 2.23. The molecule has 1 aliphatic rings. The van der Waals surface area contributed by atoms with Crippen LogP contribution in [0.15, 0.2) is 0 Å². The third-order valence-electron chi connectivity index (χ3n) is 4.24. The summed E-state index contributed by atoms with van der Waals surface area (Å²) in [6, 6.07) is 0.0736. The van der Waals surface area contributed by atoms with Crippen LogP contribution in [0.3, 0.4) is 0 Å². The van der Waals surface area contributed by atoms with Gasteiger partial charge in [-0.1, -0.05) is 13.8 Å². The molecule has 1 amide bonds. The van der Waals surface area contributed by atoms with Crippen LogP contribution in [0.2, 0.25) is 0 Å². The third kappa shape index (κ3) is 7.31. The lowest BCUT2D eigenvalue weighted by Gasteiger charge is -2.25. The summed E-state index contributed by atoms with van der Waals surface area (Å²) in [6.07, 6.45) is 2.73. The van der Waals surface area contributed by atoms with Crippen molar-refractivity contribution in [3.05, 3.63) is 0 Å². The van der Waals surface area contributed by atoms with Gasteiger partial charge in [0.05, 0.1) is 31.0 Å². The molecule has 0 saturated carbocycles. The molecular formula is C19H35NO4. The van der Waals surface area contributed by atoms with Gasteiger partial charge in [0.1, 0.15) is 5.78 Å². The minimum Gasteiger partial charge on any atom is -0.377 e. The van der Waals surface area contributed by atoms with Crippen molar-refractivity contribution in [1.82, 2.24) is 4.90 Å². The molecule has 1 saturated heterocycles. The fourth-order valence-electron chi connectivity index (χ4n) is 2.97. The number of hydrogen-bond acceptors (Lipinski definition) is 4. The van der Waals surface area contributed by atoms with Crippen molar-refractivity contribution < 1.29 is 19.1 Å². The minimum absolute atomic E-state index is 0.0444. The van der Waals surface area contributed by atoms with Crippen LogP contribution >= 0.6 is 0 Å². The molecule has 0 aromatic heterocycles. The van der Waals surface area contributed by atoms with E-state index in [0.717, 1.165) is 6.42 Å². The van der Waals surface area contributed by atoms with Gasteiger partial charge in [-0.25, -0.2) is 0 Å². The molecule has 2 atom stereocenters. The van der Waals surface area contributed by atoms with Crippen molar-refractivity contribution in [2.45, 2.75) is 91.6 Å². The number of nitrogens with zero attached hydrogens (tertiary/aromatic N) is 1. The lowest BCUT2D eigenvalue weighted by atomic mass is 10.0. The molecule has 1 rings (SSSR count). The second kappa shape index (κ2) is 10.1. The van der Waals surface area contributed by atoms with Crippen LogP contribution in [0, 0.1) is 5.92 Å². The zero-order chi connectivity index (χ0) is 18.3. The van der Waals surface area contributed by atoms with E-state index in [1.807, 2.05) is 46.4 Å². The zero-order valence-corrected chi connectivity index (χ0v) is 16.2. The van der Waals surface area contributed by atoms with Gasteiger partial charge in [0.25, 0.3) is 0 Å². The molecule has 0 N–H and O–H groups in total. The van der Waals surface area contributed by atoms with E-state index in [1.54, 1.807) is 0 Å². The van der Waals surface area contributed by atoms with Crippen LogP contribution in [0.5, 0.6) is 0 Å². The first-order valence-electron chi connectivity index (χ1n) is 9.29. The number of ether oxygens (including phenoxy) is 2. The molecule has 0 bridgehead atoms. The summed E-state index contributed by atoms with van der Waals surface area (Å²) in [5, 5.41) is 0. The summed E-state index contributed by atoms with van der Waals surface area (Å²) in [4.78, 5) is 26.2. The van der Waals surface area contributed by atoms with Crippen molar-refractivity contribution in [2.24, 2.45) is 5.92 Å². The molecule has 0 aromatic carbocycles. The Labute approximate surface area is 147 Å². The van der Waals surface area contributed by atoms with E-state index in [9.17, 15) is 9.59 Å². The number of carbonyl (C=O) groups excluding carboxylic acids is 2. The lowest BCUT2D eigenvalue weighted by molar-refractivity contribution is -0.134. The van der Waals surface area contributed by atoms with Gasteiger partial charge in [-0.3, -0.25) is 9.59 Å². The molecule has 1 aliphatic heterocycles. The van der Waals surface area contributed by atoms with Crippen LogP contribution in [0.1, 0.15) is 67.2 Å². The maximum absolute atomic E-state index is 12.6. The number of likely N-dealkylation sites (tertiary alicyclic amines) is 1. The van der Waals surface area contributed by atoms with Crippen LogP contribution in [-0.4, -0.2) is 54.1 Å². The van der Waals surface area contributed by atoms with Crippen molar-refractivity contribution in [3.8, 4) is 0 Å². The molecule has 0 aromatic rings. The van der Waals surface area contributed by atoms with E-state index in [0.29, 0.717) is 32.4 Å². The van der Waals surface area contributed by atoms with Gasteiger partial charge >= 0.3 is 0 Å². The van der Waals surface area contributed by atoms with E-state index < -0.39 is 0 Å². The predicted molar refractivity (Wildman–Crippen MR) is 94.9 cm³/mol. The highest BCUT2D eigenvalue weighted by atomic mass is 16.5. The molecule has 1 heterocycles. The van der Waals surface area contributed by atoms with Crippen molar-refractivity contribution in [3.63, 3.8) is 0 Å². The summed E-state index contributed by atoms with van der Waals surface area (Å²) in [5.41, 5.74) is 0. The topological polar surface area (TPSA) is 55.8 Å². The van der Waals surface area contributed by atoms with Crippen molar-refractivity contribution in [1.29, 1.82) is 0 Å². The highest BCUT2D eigenvalue weighted by Gasteiger charge is 2.36. The third-order valence-corrected chi connectivity index (χ3v) is 4.24. The van der Waals surface area contributed by atoms with Gasteiger partial charge in [0, 0.05) is 25.3 Å². The molecule has 1 fully saturated rings. The Morgan fingerprint density at radius 2 is 1.71 bits per heavy atom. The van der Waals surface area contributed by atoms with Crippen molar-refractivity contribution >= 4 is 11.7 Å². The van der Waals surface area contributed by atoms with Gasteiger partial charge in [0.2, 0.25) is 5.91 Å². The summed E-state index contributed by atoms with van der Waals surface area (Å²) in [6.45, 7) is 13.0. The Kier molecular flexibility index (Phi) is 8.92. The number of ketones is 1. The number of hydrogen-bond donors (Lipinski definition) is 0. The molecule has 5 nitrogen and oxygen atoms in total. The maximum atomic E-state index is 12.6.